The fraction of sp³-hybridized carbons (Fsp3) is 0.222. The molecule has 5 heteroatoms. The molecular weight excluding hydrogens is 200 g/mol. The van der Waals surface area contributed by atoms with Crippen molar-refractivity contribution in [3.05, 3.63) is 29.8 Å². The molecule has 76 valence electrons. The van der Waals surface area contributed by atoms with Gasteiger partial charge in [0.2, 0.25) is 5.91 Å². The lowest BCUT2D eigenvalue weighted by Gasteiger charge is -2.04. The minimum Gasteiger partial charge on any atom is -0.366 e. The number of carbonyl (C=O) groups is 1. The normalized spacial score (nSPS) is 14.6. The molecule has 0 fully saturated rings. The molecule has 0 saturated heterocycles. The van der Waals surface area contributed by atoms with Gasteiger partial charge in [0.25, 0.3) is 0 Å². The molecule has 0 aliphatic heterocycles. The molecule has 0 spiro atoms. The van der Waals surface area contributed by atoms with Crippen molar-refractivity contribution in [3.63, 3.8) is 0 Å². The monoisotopic (exact) mass is 212 g/mol. The van der Waals surface area contributed by atoms with Gasteiger partial charge in [-0.15, -0.1) is 0 Å². The summed E-state index contributed by atoms with van der Waals surface area (Å²) in [6.07, 6.45) is 0. The number of nitrogens with one attached hydrogen (secondary N) is 1. The van der Waals surface area contributed by atoms with Crippen LogP contribution in [0.3, 0.4) is 0 Å². The van der Waals surface area contributed by atoms with Crippen molar-refractivity contribution in [1.29, 1.82) is 4.78 Å². The largest absolute Gasteiger partial charge is 0.366 e. The summed E-state index contributed by atoms with van der Waals surface area (Å²) in [5.41, 5.74) is 5.41. The molecule has 0 aromatic heterocycles. The molecule has 4 nitrogen and oxygen atoms in total. The average molecular weight is 212 g/mol. The van der Waals surface area contributed by atoms with Crippen LogP contribution in [0.4, 0.5) is 0 Å². The molecule has 1 aromatic carbocycles. The lowest BCUT2D eigenvalue weighted by molar-refractivity contribution is 0.1000. The van der Waals surface area contributed by atoms with Crippen LogP contribution in [-0.2, 0) is 9.73 Å². The Balaban J connectivity index is 3.12. The highest BCUT2D eigenvalue weighted by Crippen LogP contribution is 2.12. The number of carbonyl (C=O) groups excluding carboxylic acids is 1. The van der Waals surface area contributed by atoms with E-state index in [1.807, 2.05) is 0 Å². The fourth-order valence-corrected chi connectivity index (χ4v) is 1.91. The third kappa shape index (κ3) is 2.11. The van der Waals surface area contributed by atoms with E-state index in [9.17, 15) is 9.00 Å². The Hall–Kier alpha value is -1.36. The topological polar surface area (TPSA) is 84.0 Å². The van der Waals surface area contributed by atoms with E-state index in [1.165, 1.54) is 24.3 Å². The number of hydrogen-bond donors (Lipinski definition) is 2. The zero-order chi connectivity index (χ0) is 10.8. The van der Waals surface area contributed by atoms with Crippen molar-refractivity contribution in [2.24, 2.45) is 5.73 Å². The van der Waals surface area contributed by atoms with E-state index in [4.69, 9.17) is 10.5 Å². The van der Waals surface area contributed by atoms with Crippen molar-refractivity contribution in [1.82, 2.24) is 0 Å². The van der Waals surface area contributed by atoms with E-state index < -0.39 is 15.6 Å². The molecule has 0 aliphatic carbocycles. The van der Waals surface area contributed by atoms with Gasteiger partial charge in [-0.2, -0.15) is 0 Å². The number of hydrogen-bond acceptors (Lipinski definition) is 3. The molecule has 0 heterocycles. The summed E-state index contributed by atoms with van der Waals surface area (Å²) in [5.74, 6) is -0.257. The lowest BCUT2D eigenvalue weighted by Crippen LogP contribution is -2.11. The van der Waals surface area contributed by atoms with Crippen molar-refractivity contribution in [3.8, 4) is 0 Å². The van der Waals surface area contributed by atoms with E-state index in [-0.39, 0.29) is 5.75 Å². The maximum absolute atomic E-state index is 11.6. The Morgan fingerprint density at radius 3 is 2.29 bits per heavy atom. The summed E-state index contributed by atoms with van der Waals surface area (Å²) in [6.45, 7) is 1.69. The Morgan fingerprint density at radius 2 is 1.93 bits per heavy atom. The van der Waals surface area contributed by atoms with Gasteiger partial charge in [-0.25, -0.2) is 8.99 Å². The van der Waals surface area contributed by atoms with Gasteiger partial charge in [0, 0.05) is 16.2 Å². The summed E-state index contributed by atoms with van der Waals surface area (Å²) in [5, 5.41) is 0. The van der Waals surface area contributed by atoms with Gasteiger partial charge in [0.05, 0.1) is 9.73 Å². The van der Waals surface area contributed by atoms with Gasteiger partial charge in [0.15, 0.2) is 0 Å². The highest BCUT2D eigenvalue weighted by Gasteiger charge is 2.07. The van der Waals surface area contributed by atoms with Gasteiger partial charge in [-0.05, 0) is 24.3 Å². The molecule has 1 amide bonds. The second-order valence-corrected chi connectivity index (χ2v) is 5.25. The smallest absolute Gasteiger partial charge is 0.248 e. The minimum absolute atomic E-state index is 0.267. The van der Waals surface area contributed by atoms with E-state index in [0.29, 0.717) is 10.5 Å². The fourth-order valence-electron chi connectivity index (χ4n) is 1.01. The zero-order valence-corrected chi connectivity index (χ0v) is 8.64. The number of primary amides is 1. The Morgan fingerprint density at radius 1 is 1.43 bits per heavy atom. The zero-order valence-electron chi connectivity index (χ0n) is 7.82. The maximum Gasteiger partial charge on any atom is 0.248 e. The highest BCUT2D eigenvalue weighted by molar-refractivity contribution is 7.92. The van der Waals surface area contributed by atoms with Gasteiger partial charge >= 0.3 is 0 Å². The molecule has 1 aromatic rings. The number of benzene rings is 1. The van der Waals surface area contributed by atoms with Crippen molar-refractivity contribution in [2.75, 3.05) is 5.75 Å². The van der Waals surface area contributed by atoms with Crippen LogP contribution in [0.15, 0.2) is 29.2 Å². The van der Waals surface area contributed by atoms with Gasteiger partial charge in [-0.3, -0.25) is 4.79 Å². The van der Waals surface area contributed by atoms with Crippen molar-refractivity contribution < 1.29 is 9.00 Å². The molecule has 0 bridgehead atoms. The Kier molecular flexibility index (Phi) is 2.90. The predicted octanol–water partition coefficient (Wildman–Crippen LogP) is 1.21. The van der Waals surface area contributed by atoms with Crippen LogP contribution in [0.25, 0.3) is 0 Å². The molecule has 3 N–H and O–H groups in total. The molecule has 1 rings (SSSR count). The lowest BCUT2D eigenvalue weighted by atomic mass is 10.2. The van der Waals surface area contributed by atoms with Crippen molar-refractivity contribution >= 4 is 15.6 Å². The first-order chi connectivity index (χ1) is 6.47. The second-order valence-electron chi connectivity index (χ2n) is 2.85. The van der Waals surface area contributed by atoms with Gasteiger partial charge in [0.1, 0.15) is 0 Å². The first kappa shape index (κ1) is 10.7. The molecule has 0 saturated carbocycles. The standard InChI is InChI=1S/C9H12N2O2S/c1-2-14(11,13)8-5-3-7(4-6-8)9(10)12/h3-6,11H,2H2,1H3,(H2,10,12). The summed E-state index contributed by atoms with van der Waals surface area (Å²) in [6, 6.07) is 6.00. The van der Waals surface area contributed by atoms with Crippen LogP contribution in [0.2, 0.25) is 0 Å². The summed E-state index contributed by atoms with van der Waals surface area (Å²) >= 11 is 0. The van der Waals surface area contributed by atoms with Crippen LogP contribution in [-0.4, -0.2) is 15.9 Å². The number of amides is 1. The first-order valence-electron chi connectivity index (χ1n) is 4.13. The van der Waals surface area contributed by atoms with Gasteiger partial charge < -0.3 is 5.73 Å². The molecular formula is C9H12N2O2S. The maximum atomic E-state index is 11.6. The van der Waals surface area contributed by atoms with Crippen LogP contribution in [0.5, 0.6) is 0 Å². The molecule has 1 unspecified atom stereocenters. The Labute approximate surface area is 83.1 Å². The van der Waals surface area contributed by atoms with Gasteiger partial charge in [-0.1, -0.05) is 6.92 Å². The first-order valence-corrected chi connectivity index (χ1v) is 5.86. The Bertz CT molecular complexity index is 434. The summed E-state index contributed by atoms with van der Waals surface area (Å²) in [7, 11) is -2.69. The second kappa shape index (κ2) is 3.79. The minimum atomic E-state index is -2.69. The van der Waals surface area contributed by atoms with Crippen LogP contribution in [0, 0.1) is 4.78 Å². The van der Waals surface area contributed by atoms with Crippen LogP contribution in [0.1, 0.15) is 17.3 Å². The van der Waals surface area contributed by atoms with Crippen LogP contribution >= 0.6 is 0 Å². The van der Waals surface area contributed by atoms with Crippen molar-refractivity contribution in [2.45, 2.75) is 11.8 Å². The quantitative estimate of drug-likeness (QED) is 0.789. The highest BCUT2D eigenvalue weighted by atomic mass is 32.2. The molecule has 0 aliphatic rings. The summed E-state index contributed by atoms with van der Waals surface area (Å²) < 4.78 is 19.1. The molecule has 1 atom stereocenters. The molecule has 14 heavy (non-hydrogen) atoms. The van der Waals surface area contributed by atoms with Crippen LogP contribution < -0.4 is 5.73 Å². The van der Waals surface area contributed by atoms with E-state index in [0.717, 1.165) is 0 Å². The van der Waals surface area contributed by atoms with E-state index >= 15 is 0 Å². The van der Waals surface area contributed by atoms with E-state index in [1.54, 1.807) is 6.92 Å². The third-order valence-corrected chi connectivity index (χ3v) is 3.77. The predicted molar refractivity (Wildman–Crippen MR) is 54.6 cm³/mol. The SMILES string of the molecule is CCS(=N)(=O)c1ccc(C(N)=O)cc1. The number of nitrogens with two attached hydrogens (primary N) is 1. The third-order valence-electron chi connectivity index (χ3n) is 1.93. The number of rotatable bonds is 3. The summed E-state index contributed by atoms with van der Waals surface area (Å²) in [4.78, 5) is 11.2. The average Bonchev–Trinajstić information content (AvgIpc) is 2.18. The van der Waals surface area contributed by atoms with E-state index in [2.05, 4.69) is 0 Å². The molecule has 0 radical (unpaired) electrons.